The lowest BCUT2D eigenvalue weighted by Gasteiger charge is -2.42. The van der Waals surface area contributed by atoms with Crippen molar-refractivity contribution in [3.8, 4) is 0 Å². The molecule has 2 saturated carbocycles. The summed E-state index contributed by atoms with van der Waals surface area (Å²) in [4.78, 5) is 2.40. The van der Waals surface area contributed by atoms with Gasteiger partial charge >= 0.3 is 0 Å². The highest BCUT2D eigenvalue weighted by molar-refractivity contribution is 5.85. The van der Waals surface area contributed by atoms with Gasteiger partial charge < -0.3 is 14.7 Å². The summed E-state index contributed by atoms with van der Waals surface area (Å²) in [5.41, 5.74) is 0.613. The van der Waals surface area contributed by atoms with Crippen molar-refractivity contribution >= 4 is 12.4 Å². The zero-order valence-electron chi connectivity index (χ0n) is 15.4. The maximum atomic E-state index is 10.4. The zero-order chi connectivity index (χ0) is 16.0. The number of aliphatic hydroxyl groups is 1. The Morgan fingerprint density at radius 1 is 1.17 bits per heavy atom. The molecule has 2 aliphatic carbocycles. The summed E-state index contributed by atoms with van der Waals surface area (Å²) in [6, 6.07) is 0. The van der Waals surface area contributed by atoms with Crippen LogP contribution in [0.5, 0.6) is 0 Å². The largest absolute Gasteiger partial charge is 0.389 e. The number of rotatable bonds is 5. The predicted molar refractivity (Wildman–Crippen MR) is 97.1 cm³/mol. The summed E-state index contributed by atoms with van der Waals surface area (Å²) in [5.74, 6) is 1.66. The molecule has 1 aliphatic heterocycles. The predicted octanol–water partition coefficient (Wildman–Crippen LogP) is 3.73. The third kappa shape index (κ3) is 3.89. The number of fused-ring (bicyclic) bond motifs is 2. The minimum Gasteiger partial charge on any atom is -0.389 e. The fourth-order valence-corrected chi connectivity index (χ4v) is 5.48. The molecule has 3 nitrogen and oxygen atoms in total. The highest BCUT2D eigenvalue weighted by Gasteiger charge is 2.60. The Hall–Kier alpha value is 0.170. The van der Waals surface area contributed by atoms with E-state index in [2.05, 4.69) is 32.6 Å². The van der Waals surface area contributed by atoms with E-state index in [0.29, 0.717) is 18.1 Å². The van der Waals surface area contributed by atoms with E-state index in [9.17, 15) is 5.11 Å². The standard InChI is InChI=1S/C19H35NO2.ClH/c1-14-6-9-20(10-7-14)12-16(21)13-22-17-18(2,3)15-5-8-19(17,4)11-15;/h14-17,21H,5-13H2,1-4H3;1H. The highest BCUT2D eigenvalue weighted by atomic mass is 35.5. The van der Waals surface area contributed by atoms with E-state index >= 15 is 0 Å². The molecule has 23 heavy (non-hydrogen) atoms. The van der Waals surface area contributed by atoms with Crippen LogP contribution < -0.4 is 0 Å². The zero-order valence-corrected chi connectivity index (χ0v) is 16.2. The van der Waals surface area contributed by atoms with Crippen LogP contribution >= 0.6 is 12.4 Å². The molecule has 136 valence electrons. The third-order valence-electron chi connectivity index (χ3n) is 6.94. The van der Waals surface area contributed by atoms with Crippen LogP contribution in [0.1, 0.15) is 59.8 Å². The molecule has 0 radical (unpaired) electrons. The van der Waals surface area contributed by atoms with Gasteiger partial charge in [0.1, 0.15) is 0 Å². The van der Waals surface area contributed by atoms with Crippen LogP contribution in [0.25, 0.3) is 0 Å². The smallest absolute Gasteiger partial charge is 0.0900 e. The SMILES string of the molecule is CC1CCN(CC(O)COC2C3(C)CCC(C3)C2(C)C)CC1.Cl. The molecule has 3 fully saturated rings. The van der Waals surface area contributed by atoms with Crippen LogP contribution in [0.15, 0.2) is 0 Å². The molecule has 0 aromatic rings. The molecule has 4 atom stereocenters. The number of hydrogen-bond acceptors (Lipinski definition) is 3. The van der Waals surface area contributed by atoms with Crippen molar-refractivity contribution < 1.29 is 9.84 Å². The second-order valence-electron chi connectivity index (χ2n) is 9.27. The number of nitrogens with zero attached hydrogens (tertiary/aromatic N) is 1. The van der Waals surface area contributed by atoms with Crippen molar-refractivity contribution in [3.63, 3.8) is 0 Å². The molecule has 0 amide bonds. The van der Waals surface area contributed by atoms with Gasteiger partial charge in [-0.25, -0.2) is 0 Å². The van der Waals surface area contributed by atoms with Gasteiger partial charge in [0.15, 0.2) is 0 Å². The van der Waals surface area contributed by atoms with Crippen LogP contribution in [0, 0.1) is 22.7 Å². The topological polar surface area (TPSA) is 32.7 Å². The van der Waals surface area contributed by atoms with Crippen molar-refractivity contribution in [2.45, 2.75) is 72.0 Å². The minimum atomic E-state index is -0.341. The average Bonchev–Trinajstić information content (AvgIpc) is 2.92. The second-order valence-corrected chi connectivity index (χ2v) is 9.27. The van der Waals surface area contributed by atoms with E-state index in [1.54, 1.807) is 0 Å². The molecule has 1 heterocycles. The van der Waals surface area contributed by atoms with Crippen LogP contribution in [0.4, 0.5) is 0 Å². The normalized spacial score (nSPS) is 38.5. The average molecular weight is 346 g/mol. The first-order valence-electron chi connectivity index (χ1n) is 9.33. The number of ether oxygens (including phenoxy) is 1. The van der Waals surface area contributed by atoms with Gasteiger partial charge in [-0.15, -0.1) is 12.4 Å². The maximum absolute atomic E-state index is 10.4. The maximum Gasteiger partial charge on any atom is 0.0900 e. The van der Waals surface area contributed by atoms with E-state index < -0.39 is 0 Å². The molecule has 0 spiro atoms. The highest BCUT2D eigenvalue weighted by Crippen LogP contribution is 2.63. The van der Waals surface area contributed by atoms with E-state index in [1.165, 1.54) is 32.1 Å². The monoisotopic (exact) mass is 345 g/mol. The van der Waals surface area contributed by atoms with Gasteiger partial charge in [-0.05, 0) is 67.9 Å². The lowest BCUT2D eigenvalue weighted by atomic mass is 9.70. The van der Waals surface area contributed by atoms with Crippen molar-refractivity contribution in [1.29, 1.82) is 0 Å². The number of aliphatic hydroxyl groups excluding tert-OH is 1. The first-order valence-corrected chi connectivity index (χ1v) is 9.33. The van der Waals surface area contributed by atoms with Gasteiger partial charge in [-0.2, -0.15) is 0 Å². The molecule has 0 aromatic heterocycles. The number of β-amino-alcohol motifs (C(OH)–C–C–N with tert-alkyl or cyclic N) is 1. The molecule has 3 aliphatic rings. The molecule has 0 aromatic carbocycles. The second kappa shape index (κ2) is 7.19. The summed E-state index contributed by atoms with van der Waals surface area (Å²) >= 11 is 0. The number of likely N-dealkylation sites (tertiary alicyclic amines) is 1. The molecule has 3 rings (SSSR count). The summed E-state index contributed by atoms with van der Waals surface area (Å²) in [6.45, 7) is 13.0. The Bertz CT molecular complexity index is 390. The third-order valence-corrected chi connectivity index (χ3v) is 6.94. The molecular formula is C19H36ClNO2. The van der Waals surface area contributed by atoms with Crippen molar-refractivity contribution in [3.05, 3.63) is 0 Å². The first kappa shape index (κ1) is 19.5. The van der Waals surface area contributed by atoms with Crippen LogP contribution in [0.2, 0.25) is 0 Å². The molecule has 1 N–H and O–H groups in total. The summed E-state index contributed by atoms with van der Waals surface area (Å²) in [7, 11) is 0. The van der Waals surface area contributed by atoms with Gasteiger partial charge in [-0.3, -0.25) is 0 Å². The lowest BCUT2D eigenvalue weighted by molar-refractivity contribution is -0.114. The van der Waals surface area contributed by atoms with Crippen molar-refractivity contribution in [2.24, 2.45) is 22.7 Å². The van der Waals surface area contributed by atoms with E-state index in [4.69, 9.17) is 4.74 Å². The number of halogens is 1. The van der Waals surface area contributed by atoms with E-state index in [-0.39, 0.29) is 23.9 Å². The lowest BCUT2D eigenvalue weighted by Crippen LogP contribution is -2.45. The first-order chi connectivity index (χ1) is 10.3. The number of piperidine rings is 1. The van der Waals surface area contributed by atoms with Gasteiger partial charge in [0, 0.05) is 6.54 Å². The molecule has 4 unspecified atom stereocenters. The van der Waals surface area contributed by atoms with Crippen LogP contribution in [-0.2, 0) is 4.74 Å². The van der Waals surface area contributed by atoms with Crippen LogP contribution in [0.3, 0.4) is 0 Å². The number of hydrogen-bond donors (Lipinski definition) is 1. The van der Waals surface area contributed by atoms with Gasteiger partial charge in [0.25, 0.3) is 0 Å². The van der Waals surface area contributed by atoms with Gasteiger partial charge in [-0.1, -0.05) is 27.7 Å². The van der Waals surface area contributed by atoms with Crippen molar-refractivity contribution in [2.75, 3.05) is 26.2 Å². The summed E-state index contributed by atoms with van der Waals surface area (Å²) < 4.78 is 6.30. The summed E-state index contributed by atoms with van der Waals surface area (Å²) in [6.07, 6.45) is 6.47. The van der Waals surface area contributed by atoms with Gasteiger partial charge in [0.05, 0.1) is 18.8 Å². The fourth-order valence-electron chi connectivity index (χ4n) is 5.48. The van der Waals surface area contributed by atoms with E-state index in [1.807, 2.05) is 0 Å². The Labute approximate surface area is 148 Å². The summed E-state index contributed by atoms with van der Waals surface area (Å²) in [5, 5.41) is 10.4. The fraction of sp³-hybridized carbons (Fsp3) is 1.00. The molecular weight excluding hydrogens is 310 g/mol. The quantitative estimate of drug-likeness (QED) is 0.824. The molecule has 1 saturated heterocycles. The van der Waals surface area contributed by atoms with Crippen LogP contribution in [-0.4, -0.2) is 48.5 Å². The molecule has 4 heteroatoms. The van der Waals surface area contributed by atoms with Crippen molar-refractivity contribution in [1.82, 2.24) is 4.90 Å². The van der Waals surface area contributed by atoms with Gasteiger partial charge in [0.2, 0.25) is 0 Å². The Balaban J connectivity index is 0.00000192. The Morgan fingerprint density at radius 3 is 2.39 bits per heavy atom. The van der Waals surface area contributed by atoms with E-state index in [0.717, 1.165) is 31.5 Å². The Kier molecular flexibility index (Phi) is 6.10. The minimum absolute atomic E-state index is 0. The Morgan fingerprint density at radius 2 is 1.83 bits per heavy atom. The molecule has 2 bridgehead atoms.